The van der Waals surface area contributed by atoms with Gasteiger partial charge in [-0.3, -0.25) is 9.69 Å². The number of nitrogens with zero attached hydrogens (tertiary/aromatic N) is 2. The second-order valence-electron chi connectivity index (χ2n) is 8.92. The molecular weight excluding hydrogens is 484 g/mol. The second kappa shape index (κ2) is 9.24. The fraction of sp³-hybridized carbons (Fsp3) is 0.478. The zero-order valence-electron chi connectivity index (χ0n) is 18.9. The highest BCUT2D eigenvalue weighted by Gasteiger charge is 2.45. The Morgan fingerprint density at radius 1 is 1.38 bits per heavy atom. The maximum atomic E-state index is 13.2. The van der Waals surface area contributed by atoms with E-state index in [0.717, 1.165) is 23.2 Å². The molecule has 182 valence electrons. The minimum absolute atomic E-state index is 0.0180. The molecule has 1 N–H and O–H groups in total. The molecule has 1 aromatic carbocycles. The van der Waals surface area contributed by atoms with E-state index >= 15 is 0 Å². The maximum Gasteiger partial charge on any atom is 0.248 e. The first-order valence-corrected chi connectivity index (χ1v) is 13.5. The number of carbonyl (C=O) groups excluding carboxylic acids is 1. The number of ether oxygens (including phenoxy) is 1. The average Bonchev–Trinajstić information content (AvgIpc) is 3.07. The van der Waals surface area contributed by atoms with Gasteiger partial charge in [-0.15, -0.1) is 11.3 Å². The summed E-state index contributed by atoms with van der Waals surface area (Å²) in [6.07, 6.45) is 1.61. The molecule has 1 aliphatic heterocycles. The minimum Gasteiger partial charge on any atom is -0.495 e. The quantitative estimate of drug-likeness (QED) is 0.612. The number of hydrogen-bond donors (Lipinski definition) is 1. The summed E-state index contributed by atoms with van der Waals surface area (Å²) in [5.74, 6) is -2.73. The Morgan fingerprint density at radius 3 is 2.74 bits per heavy atom. The number of hydrogen-bond acceptors (Lipinski definition) is 7. The van der Waals surface area contributed by atoms with Gasteiger partial charge in [0.15, 0.2) is 9.84 Å². The molecule has 0 bridgehead atoms. The van der Waals surface area contributed by atoms with Gasteiger partial charge in [-0.05, 0) is 30.0 Å². The van der Waals surface area contributed by atoms with Gasteiger partial charge in [0.25, 0.3) is 0 Å². The van der Waals surface area contributed by atoms with Crippen molar-refractivity contribution in [3.63, 3.8) is 0 Å². The number of amides is 1. The van der Waals surface area contributed by atoms with Crippen LogP contribution >= 0.6 is 11.3 Å². The van der Waals surface area contributed by atoms with Crippen molar-refractivity contribution < 1.29 is 26.7 Å². The largest absolute Gasteiger partial charge is 0.495 e. The summed E-state index contributed by atoms with van der Waals surface area (Å²) in [4.78, 5) is 15.9. The van der Waals surface area contributed by atoms with Gasteiger partial charge in [-0.2, -0.15) is 5.26 Å². The van der Waals surface area contributed by atoms with Crippen LogP contribution in [-0.2, 0) is 34.0 Å². The van der Waals surface area contributed by atoms with Gasteiger partial charge in [0.1, 0.15) is 21.7 Å². The first-order valence-electron chi connectivity index (χ1n) is 10.8. The average molecular weight is 510 g/mol. The topological polar surface area (TPSA) is 99.5 Å². The molecule has 2 aliphatic rings. The number of thiophene rings is 1. The highest BCUT2D eigenvalue weighted by molar-refractivity contribution is 7.90. The van der Waals surface area contributed by atoms with Crippen LogP contribution in [0, 0.1) is 17.2 Å². The number of nitrogens with one attached hydrogen (secondary N) is 1. The number of halogens is 2. The number of sulfone groups is 1. The van der Waals surface area contributed by atoms with E-state index < -0.39 is 15.8 Å². The van der Waals surface area contributed by atoms with Crippen molar-refractivity contribution in [2.45, 2.75) is 43.0 Å². The summed E-state index contributed by atoms with van der Waals surface area (Å²) in [5, 5.41) is 13.0. The van der Waals surface area contributed by atoms with Gasteiger partial charge < -0.3 is 10.1 Å². The van der Waals surface area contributed by atoms with Crippen LogP contribution in [0.25, 0.3) is 0 Å². The van der Waals surface area contributed by atoms with Crippen molar-refractivity contribution in [1.29, 1.82) is 5.26 Å². The highest BCUT2D eigenvalue weighted by Crippen LogP contribution is 2.44. The number of benzene rings is 1. The molecule has 1 saturated carbocycles. The molecule has 0 radical (unpaired) electrons. The molecule has 0 saturated heterocycles. The molecule has 2 aromatic rings. The predicted octanol–water partition coefficient (Wildman–Crippen LogP) is 3.62. The highest BCUT2D eigenvalue weighted by atomic mass is 32.2. The fourth-order valence-electron chi connectivity index (χ4n) is 4.57. The molecule has 7 nitrogen and oxygen atoms in total. The summed E-state index contributed by atoms with van der Waals surface area (Å²) < 4.78 is 55.2. The second-order valence-corrected chi connectivity index (χ2v) is 12.0. The first-order chi connectivity index (χ1) is 16.0. The lowest BCUT2D eigenvalue weighted by atomic mass is 9.81. The van der Waals surface area contributed by atoms with Crippen LogP contribution in [-0.4, -0.2) is 51.6 Å². The lowest BCUT2D eigenvalue weighted by molar-refractivity contribution is -0.117. The third-order valence-corrected chi connectivity index (χ3v) is 8.52. The molecule has 1 fully saturated rings. The number of carbonyl (C=O) groups is 1. The number of fused-ring (bicyclic) bond motifs is 1. The number of anilines is 1. The van der Waals surface area contributed by atoms with E-state index in [1.165, 1.54) is 30.6 Å². The molecule has 0 spiro atoms. The molecule has 2 heterocycles. The van der Waals surface area contributed by atoms with E-state index in [1.807, 2.05) is 0 Å². The van der Waals surface area contributed by atoms with E-state index in [1.54, 1.807) is 6.07 Å². The van der Waals surface area contributed by atoms with Crippen LogP contribution in [0.1, 0.15) is 34.4 Å². The van der Waals surface area contributed by atoms with Crippen LogP contribution in [0.15, 0.2) is 23.1 Å². The van der Waals surface area contributed by atoms with Crippen LogP contribution in [0.3, 0.4) is 0 Å². The maximum absolute atomic E-state index is 13.2. The molecule has 11 heteroatoms. The van der Waals surface area contributed by atoms with Crippen molar-refractivity contribution in [3.05, 3.63) is 39.8 Å². The number of methoxy groups -OCH3 is 1. The molecule has 0 atom stereocenters. The zero-order chi connectivity index (χ0) is 24.7. The Labute approximate surface area is 201 Å². The summed E-state index contributed by atoms with van der Waals surface area (Å²) in [6.45, 7) is 1.83. The number of alkyl halides is 2. The van der Waals surface area contributed by atoms with E-state index in [9.17, 15) is 27.3 Å². The Bertz CT molecular complexity index is 1260. The molecule has 1 aromatic heterocycles. The normalized spacial score (nSPS) is 18.0. The molecule has 34 heavy (non-hydrogen) atoms. The van der Waals surface area contributed by atoms with Gasteiger partial charge >= 0.3 is 0 Å². The van der Waals surface area contributed by atoms with Crippen molar-refractivity contribution >= 4 is 32.1 Å². The SMILES string of the molecule is COc1cc(CC(=O)Nc2sc3c(c2C#N)CN(CC2CC(F)(F)C2)CC3)ccc1S(C)(=O)=O. The smallest absolute Gasteiger partial charge is 0.248 e. The van der Waals surface area contributed by atoms with Crippen LogP contribution in [0.5, 0.6) is 5.75 Å². The van der Waals surface area contributed by atoms with E-state index in [0.29, 0.717) is 35.6 Å². The van der Waals surface area contributed by atoms with Crippen molar-refractivity contribution in [2.75, 3.05) is 31.8 Å². The Morgan fingerprint density at radius 2 is 2.12 bits per heavy atom. The third kappa shape index (κ3) is 5.24. The zero-order valence-corrected chi connectivity index (χ0v) is 20.5. The summed E-state index contributed by atoms with van der Waals surface area (Å²) in [5.41, 5.74) is 1.85. The summed E-state index contributed by atoms with van der Waals surface area (Å²) in [6, 6.07) is 6.68. The summed E-state index contributed by atoms with van der Waals surface area (Å²) in [7, 11) is -2.10. The molecule has 1 aliphatic carbocycles. The molecule has 0 unspecified atom stereocenters. The van der Waals surface area contributed by atoms with Crippen molar-refractivity contribution in [2.24, 2.45) is 5.92 Å². The van der Waals surface area contributed by atoms with Crippen molar-refractivity contribution in [3.8, 4) is 11.8 Å². The molecular formula is C23H25F2N3O4S2. The van der Waals surface area contributed by atoms with Gasteiger partial charge in [0.05, 0.1) is 19.1 Å². The monoisotopic (exact) mass is 509 g/mol. The Balaban J connectivity index is 1.44. The molecule has 1 amide bonds. The Kier molecular flexibility index (Phi) is 6.68. The summed E-state index contributed by atoms with van der Waals surface area (Å²) >= 11 is 1.37. The van der Waals surface area contributed by atoms with Gasteiger partial charge in [-0.25, -0.2) is 17.2 Å². The molecule has 4 rings (SSSR count). The van der Waals surface area contributed by atoms with E-state index in [-0.39, 0.29) is 41.7 Å². The first kappa shape index (κ1) is 24.6. The van der Waals surface area contributed by atoms with Gasteiger partial charge in [0, 0.05) is 49.2 Å². The van der Waals surface area contributed by atoms with E-state index in [2.05, 4.69) is 16.3 Å². The predicted molar refractivity (Wildman–Crippen MR) is 124 cm³/mol. The lowest BCUT2D eigenvalue weighted by Crippen LogP contribution is -2.43. The van der Waals surface area contributed by atoms with Crippen LogP contribution in [0.4, 0.5) is 13.8 Å². The van der Waals surface area contributed by atoms with E-state index in [4.69, 9.17) is 4.74 Å². The van der Waals surface area contributed by atoms with Crippen LogP contribution in [0.2, 0.25) is 0 Å². The number of nitriles is 1. The van der Waals surface area contributed by atoms with Crippen molar-refractivity contribution in [1.82, 2.24) is 4.90 Å². The van der Waals surface area contributed by atoms with Crippen LogP contribution < -0.4 is 10.1 Å². The Hall–Kier alpha value is -2.55. The number of rotatable bonds is 7. The van der Waals surface area contributed by atoms with Gasteiger partial charge in [0.2, 0.25) is 11.8 Å². The third-order valence-electron chi connectivity index (χ3n) is 6.18. The minimum atomic E-state index is -3.47. The van der Waals surface area contributed by atoms with Gasteiger partial charge in [-0.1, -0.05) is 6.07 Å². The fourth-order valence-corrected chi connectivity index (χ4v) is 6.56. The lowest BCUT2D eigenvalue weighted by Gasteiger charge is -2.39. The standard InChI is InChI=1S/C23H25F2N3O4S2/c1-32-18-7-14(3-4-20(18)34(2,30)31)8-21(29)27-22-16(11-26)17-13-28(6-5-19(17)33-22)12-15-9-23(24,25)10-15/h3-4,7,15H,5-6,8-10,12-13H2,1-2H3,(H,27,29).